The second-order valence-electron chi connectivity index (χ2n) is 6.06. The van der Waals surface area contributed by atoms with E-state index < -0.39 is 0 Å². The Morgan fingerprint density at radius 2 is 1.74 bits per heavy atom. The Hall–Kier alpha value is -3.28. The second kappa shape index (κ2) is 8.89. The standard InChI is InChI=1S/C21H21FN4O/c1-2-16-5-3-4-6-19(16)26-20(27)17-13-24-21(25-14-17)23-12-11-15-7-9-18(22)10-8-15/h3-10,13-14H,2,11-12H2,1H3,(H,26,27)(H,23,24,25). The summed E-state index contributed by atoms with van der Waals surface area (Å²) in [5.41, 5.74) is 3.29. The van der Waals surface area contributed by atoms with Crippen molar-refractivity contribution in [2.75, 3.05) is 17.2 Å². The monoisotopic (exact) mass is 364 g/mol. The Balaban J connectivity index is 1.54. The molecule has 138 valence electrons. The third-order valence-electron chi connectivity index (χ3n) is 4.17. The highest BCUT2D eigenvalue weighted by Gasteiger charge is 2.09. The molecule has 3 rings (SSSR count). The van der Waals surface area contributed by atoms with Crippen LogP contribution in [0.1, 0.15) is 28.4 Å². The molecular weight excluding hydrogens is 343 g/mol. The Kier molecular flexibility index (Phi) is 6.10. The van der Waals surface area contributed by atoms with E-state index in [9.17, 15) is 9.18 Å². The summed E-state index contributed by atoms with van der Waals surface area (Å²) in [6, 6.07) is 14.1. The maximum absolute atomic E-state index is 12.9. The Morgan fingerprint density at radius 3 is 2.44 bits per heavy atom. The van der Waals surface area contributed by atoms with Gasteiger partial charge in [-0.15, -0.1) is 0 Å². The third kappa shape index (κ3) is 5.10. The van der Waals surface area contributed by atoms with Gasteiger partial charge in [0.15, 0.2) is 0 Å². The number of nitrogens with zero attached hydrogens (tertiary/aromatic N) is 2. The smallest absolute Gasteiger partial charge is 0.258 e. The van der Waals surface area contributed by atoms with Crippen LogP contribution >= 0.6 is 0 Å². The van der Waals surface area contributed by atoms with Gasteiger partial charge in [-0.25, -0.2) is 14.4 Å². The molecule has 2 N–H and O–H groups in total. The number of amides is 1. The van der Waals surface area contributed by atoms with Gasteiger partial charge in [-0.05, 0) is 42.2 Å². The van der Waals surface area contributed by atoms with Gasteiger partial charge in [0, 0.05) is 24.6 Å². The first-order valence-corrected chi connectivity index (χ1v) is 8.85. The van der Waals surface area contributed by atoms with Gasteiger partial charge in [-0.3, -0.25) is 4.79 Å². The zero-order valence-corrected chi connectivity index (χ0v) is 15.1. The molecule has 3 aromatic rings. The van der Waals surface area contributed by atoms with E-state index in [1.165, 1.54) is 24.5 Å². The zero-order chi connectivity index (χ0) is 19.1. The number of aromatic nitrogens is 2. The quantitative estimate of drug-likeness (QED) is 0.663. The zero-order valence-electron chi connectivity index (χ0n) is 15.1. The second-order valence-corrected chi connectivity index (χ2v) is 6.06. The molecule has 0 bridgehead atoms. The van der Waals surface area contributed by atoms with Crippen LogP contribution in [0.25, 0.3) is 0 Å². The van der Waals surface area contributed by atoms with E-state index in [2.05, 4.69) is 20.6 Å². The highest BCUT2D eigenvalue weighted by molar-refractivity contribution is 6.04. The van der Waals surface area contributed by atoms with Gasteiger partial charge in [0.2, 0.25) is 5.95 Å². The molecule has 0 aliphatic rings. The van der Waals surface area contributed by atoms with Crippen molar-refractivity contribution in [3.05, 3.63) is 83.4 Å². The summed E-state index contributed by atoms with van der Waals surface area (Å²) in [5.74, 6) is -0.0400. The molecule has 2 aromatic carbocycles. The Morgan fingerprint density at radius 1 is 1.04 bits per heavy atom. The number of aryl methyl sites for hydroxylation is 1. The van der Waals surface area contributed by atoms with Crippen molar-refractivity contribution >= 4 is 17.5 Å². The van der Waals surface area contributed by atoms with Crippen molar-refractivity contribution in [3.63, 3.8) is 0 Å². The first-order valence-electron chi connectivity index (χ1n) is 8.85. The lowest BCUT2D eigenvalue weighted by Crippen LogP contribution is -2.15. The van der Waals surface area contributed by atoms with Crippen LogP contribution in [0.15, 0.2) is 60.9 Å². The van der Waals surface area contributed by atoms with Gasteiger partial charge < -0.3 is 10.6 Å². The molecule has 1 heterocycles. The molecule has 6 heteroatoms. The number of anilines is 2. The van der Waals surface area contributed by atoms with E-state index in [0.29, 0.717) is 18.1 Å². The summed E-state index contributed by atoms with van der Waals surface area (Å²) in [6.45, 7) is 2.65. The molecule has 0 atom stereocenters. The molecule has 1 amide bonds. The van der Waals surface area contributed by atoms with Crippen LogP contribution in [0.3, 0.4) is 0 Å². The first kappa shape index (κ1) is 18.5. The number of carbonyl (C=O) groups is 1. The molecular formula is C21H21FN4O. The highest BCUT2D eigenvalue weighted by atomic mass is 19.1. The van der Waals surface area contributed by atoms with Crippen molar-refractivity contribution in [3.8, 4) is 0 Å². The predicted octanol–water partition coefficient (Wildman–Crippen LogP) is 4.09. The van der Waals surface area contributed by atoms with E-state index in [1.54, 1.807) is 12.1 Å². The number of carbonyl (C=O) groups excluding carboxylic acids is 1. The maximum atomic E-state index is 12.9. The van der Waals surface area contributed by atoms with Crippen LogP contribution in [-0.4, -0.2) is 22.4 Å². The minimum atomic E-state index is -0.245. The van der Waals surface area contributed by atoms with Crippen molar-refractivity contribution in [2.45, 2.75) is 19.8 Å². The van der Waals surface area contributed by atoms with E-state index >= 15 is 0 Å². The fourth-order valence-electron chi connectivity index (χ4n) is 2.65. The predicted molar refractivity (Wildman–Crippen MR) is 104 cm³/mol. The van der Waals surface area contributed by atoms with Crippen LogP contribution in [0, 0.1) is 5.82 Å². The molecule has 0 saturated heterocycles. The summed E-state index contributed by atoms with van der Waals surface area (Å²) in [6.07, 6.45) is 4.55. The van der Waals surface area contributed by atoms with Crippen LogP contribution in [0.5, 0.6) is 0 Å². The number of nitrogens with one attached hydrogen (secondary N) is 2. The van der Waals surface area contributed by atoms with E-state index in [0.717, 1.165) is 29.7 Å². The summed E-state index contributed by atoms with van der Waals surface area (Å²) >= 11 is 0. The lowest BCUT2D eigenvalue weighted by atomic mass is 10.1. The average Bonchev–Trinajstić information content (AvgIpc) is 2.70. The van der Waals surface area contributed by atoms with Crippen LogP contribution < -0.4 is 10.6 Å². The SMILES string of the molecule is CCc1ccccc1NC(=O)c1cnc(NCCc2ccc(F)cc2)nc1. The number of hydrogen-bond acceptors (Lipinski definition) is 4. The van der Waals surface area contributed by atoms with Crippen molar-refractivity contribution < 1.29 is 9.18 Å². The van der Waals surface area contributed by atoms with Gasteiger partial charge in [-0.2, -0.15) is 0 Å². The largest absolute Gasteiger partial charge is 0.354 e. The summed E-state index contributed by atoms with van der Waals surface area (Å²) in [4.78, 5) is 20.8. The maximum Gasteiger partial charge on any atom is 0.258 e. The number of hydrogen-bond donors (Lipinski definition) is 2. The highest BCUT2D eigenvalue weighted by Crippen LogP contribution is 2.16. The first-order chi connectivity index (χ1) is 13.2. The Bertz CT molecular complexity index is 895. The van der Waals surface area contributed by atoms with Crippen LogP contribution in [0.4, 0.5) is 16.0 Å². The fraction of sp³-hybridized carbons (Fsp3) is 0.190. The normalized spacial score (nSPS) is 10.4. The molecule has 27 heavy (non-hydrogen) atoms. The third-order valence-corrected chi connectivity index (χ3v) is 4.17. The van der Waals surface area contributed by atoms with Gasteiger partial charge in [0.05, 0.1) is 5.56 Å². The summed E-state index contributed by atoms with van der Waals surface area (Å²) in [7, 11) is 0. The van der Waals surface area contributed by atoms with Gasteiger partial charge in [-0.1, -0.05) is 37.3 Å². The lowest BCUT2D eigenvalue weighted by Gasteiger charge is -2.10. The molecule has 0 radical (unpaired) electrons. The van der Waals surface area contributed by atoms with Crippen molar-refractivity contribution in [1.82, 2.24) is 9.97 Å². The Labute approximate surface area is 157 Å². The molecule has 0 aliphatic heterocycles. The number of para-hydroxylation sites is 1. The summed E-state index contributed by atoms with van der Waals surface area (Å²) in [5, 5.41) is 5.99. The molecule has 5 nitrogen and oxygen atoms in total. The summed E-state index contributed by atoms with van der Waals surface area (Å²) < 4.78 is 12.9. The van der Waals surface area contributed by atoms with Gasteiger partial charge in [0.25, 0.3) is 5.91 Å². The number of benzene rings is 2. The average molecular weight is 364 g/mol. The molecule has 0 saturated carbocycles. The lowest BCUT2D eigenvalue weighted by molar-refractivity contribution is 0.102. The van der Waals surface area contributed by atoms with E-state index in [4.69, 9.17) is 0 Å². The minimum absolute atomic E-state index is 0.242. The van der Waals surface area contributed by atoms with E-state index in [-0.39, 0.29) is 11.7 Å². The molecule has 0 unspecified atom stereocenters. The molecule has 0 fully saturated rings. The van der Waals surface area contributed by atoms with Crippen molar-refractivity contribution in [1.29, 1.82) is 0 Å². The van der Waals surface area contributed by atoms with Crippen LogP contribution in [-0.2, 0) is 12.8 Å². The topological polar surface area (TPSA) is 66.9 Å². The number of halogens is 1. The fourth-order valence-corrected chi connectivity index (χ4v) is 2.65. The minimum Gasteiger partial charge on any atom is -0.354 e. The number of rotatable bonds is 7. The van der Waals surface area contributed by atoms with Gasteiger partial charge >= 0.3 is 0 Å². The van der Waals surface area contributed by atoms with Crippen LogP contribution in [0.2, 0.25) is 0 Å². The molecule has 1 aromatic heterocycles. The van der Waals surface area contributed by atoms with E-state index in [1.807, 2.05) is 31.2 Å². The van der Waals surface area contributed by atoms with Crippen molar-refractivity contribution in [2.24, 2.45) is 0 Å². The molecule has 0 aliphatic carbocycles. The van der Waals surface area contributed by atoms with Gasteiger partial charge in [0.1, 0.15) is 5.82 Å². The molecule has 0 spiro atoms.